The van der Waals surface area contributed by atoms with Crippen molar-refractivity contribution in [2.24, 2.45) is 5.92 Å². The van der Waals surface area contributed by atoms with E-state index in [1.54, 1.807) is 6.20 Å². The van der Waals surface area contributed by atoms with E-state index in [-0.39, 0.29) is 0 Å². The van der Waals surface area contributed by atoms with Crippen molar-refractivity contribution in [3.63, 3.8) is 0 Å². The lowest BCUT2D eigenvalue weighted by molar-refractivity contribution is 0.175. The van der Waals surface area contributed by atoms with Gasteiger partial charge in [0.05, 0.1) is 24.8 Å². The number of ether oxygens (including phenoxy) is 1. The predicted octanol–water partition coefficient (Wildman–Crippen LogP) is 2.12. The molecule has 1 aliphatic rings. The van der Waals surface area contributed by atoms with Crippen LogP contribution in [-0.4, -0.2) is 27.7 Å². The minimum Gasteiger partial charge on any atom is -0.383 e. The summed E-state index contributed by atoms with van der Waals surface area (Å²) in [5, 5.41) is 0. The lowest BCUT2D eigenvalue weighted by Crippen LogP contribution is -2.17. The monoisotopic (exact) mass is 258 g/mol. The number of aromatic nitrogens is 3. The van der Waals surface area contributed by atoms with Gasteiger partial charge < -0.3 is 15.0 Å². The maximum absolute atomic E-state index is 5.96. The van der Waals surface area contributed by atoms with Crippen molar-refractivity contribution < 1.29 is 4.74 Å². The lowest BCUT2D eigenvalue weighted by atomic mass is 10.00. The molecule has 3 heterocycles. The van der Waals surface area contributed by atoms with Crippen LogP contribution in [0.1, 0.15) is 19.4 Å². The van der Waals surface area contributed by atoms with E-state index >= 15 is 0 Å². The highest BCUT2D eigenvalue weighted by Gasteiger charge is 2.25. The molecule has 3 rings (SSSR count). The van der Waals surface area contributed by atoms with Gasteiger partial charge in [0, 0.05) is 30.3 Å². The molecule has 0 aromatic carbocycles. The minimum absolute atomic E-state index is 0.347. The van der Waals surface area contributed by atoms with Gasteiger partial charge >= 0.3 is 0 Å². The SMILES string of the molecule is CC(C1CCOC1)n1cncc1-c1cccnc1N. The summed E-state index contributed by atoms with van der Waals surface area (Å²) in [6.45, 7) is 3.88. The third-order valence-corrected chi connectivity index (χ3v) is 3.87. The molecule has 0 aliphatic carbocycles. The average molecular weight is 258 g/mol. The second-order valence-corrected chi connectivity index (χ2v) is 4.99. The molecule has 0 radical (unpaired) electrons. The van der Waals surface area contributed by atoms with E-state index in [0.717, 1.165) is 30.9 Å². The quantitative estimate of drug-likeness (QED) is 0.915. The Bertz CT molecular complexity index is 560. The fraction of sp³-hybridized carbons (Fsp3) is 0.429. The number of rotatable bonds is 3. The van der Waals surface area contributed by atoms with Gasteiger partial charge in [0.2, 0.25) is 0 Å². The van der Waals surface area contributed by atoms with Crippen LogP contribution in [0.25, 0.3) is 11.3 Å². The third-order valence-electron chi connectivity index (χ3n) is 3.87. The summed E-state index contributed by atoms with van der Waals surface area (Å²) in [6, 6.07) is 4.22. The number of imidazole rings is 1. The average Bonchev–Trinajstić information content (AvgIpc) is 3.10. The summed E-state index contributed by atoms with van der Waals surface area (Å²) in [5.74, 6) is 1.07. The van der Waals surface area contributed by atoms with Crippen molar-refractivity contribution in [2.45, 2.75) is 19.4 Å². The molecule has 2 unspecified atom stereocenters. The van der Waals surface area contributed by atoms with Crippen LogP contribution in [-0.2, 0) is 4.74 Å². The normalized spacial score (nSPS) is 20.6. The molecule has 2 aromatic rings. The maximum atomic E-state index is 5.96. The van der Waals surface area contributed by atoms with Gasteiger partial charge in [-0.3, -0.25) is 0 Å². The topological polar surface area (TPSA) is 66.0 Å². The molecule has 5 nitrogen and oxygen atoms in total. The first-order valence-electron chi connectivity index (χ1n) is 6.58. The fourth-order valence-electron chi connectivity index (χ4n) is 2.63. The highest BCUT2D eigenvalue weighted by atomic mass is 16.5. The zero-order valence-corrected chi connectivity index (χ0v) is 11.0. The van der Waals surface area contributed by atoms with Crippen LogP contribution >= 0.6 is 0 Å². The van der Waals surface area contributed by atoms with Crippen LogP contribution in [0, 0.1) is 5.92 Å². The van der Waals surface area contributed by atoms with E-state index in [9.17, 15) is 0 Å². The van der Waals surface area contributed by atoms with Crippen LogP contribution in [0.5, 0.6) is 0 Å². The maximum Gasteiger partial charge on any atom is 0.132 e. The van der Waals surface area contributed by atoms with Crippen molar-refractivity contribution >= 4 is 5.82 Å². The summed E-state index contributed by atoms with van der Waals surface area (Å²) < 4.78 is 7.65. The number of hydrogen-bond donors (Lipinski definition) is 1. The summed E-state index contributed by atoms with van der Waals surface area (Å²) in [4.78, 5) is 8.42. The lowest BCUT2D eigenvalue weighted by Gasteiger charge is -2.22. The van der Waals surface area contributed by atoms with Gasteiger partial charge in [0.15, 0.2) is 0 Å². The number of pyridine rings is 1. The molecule has 0 amide bonds. The summed E-state index contributed by atoms with van der Waals surface area (Å²) in [6.07, 6.45) is 6.51. The zero-order chi connectivity index (χ0) is 13.2. The highest BCUT2D eigenvalue weighted by Crippen LogP contribution is 2.31. The molecule has 1 aliphatic heterocycles. The summed E-state index contributed by atoms with van der Waals surface area (Å²) >= 11 is 0. The number of anilines is 1. The molecule has 100 valence electrons. The number of nitrogen functional groups attached to an aromatic ring is 1. The Hall–Kier alpha value is -1.88. The molecule has 0 spiro atoms. The van der Waals surface area contributed by atoms with Crippen molar-refractivity contribution in [3.8, 4) is 11.3 Å². The van der Waals surface area contributed by atoms with Gasteiger partial charge in [-0.05, 0) is 25.5 Å². The van der Waals surface area contributed by atoms with Gasteiger partial charge in [-0.15, -0.1) is 0 Å². The molecule has 0 bridgehead atoms. The van der Waals surface area contributed by atoms with E-state index in [4.69, 9.17) is 10.5 Å². The Kier molecular flexibility index (Phi) is 3.21. The first kappa shape index (κ1) is 12.2. The first-order chi connectivity index (χ1) is 9.27. The molecular formula is C14H18N4O. The van der Waals surface area contributed by atoms with Gasteiger partial charge in [0.1, 0.15) is 5.82 Å². The Morgan fingerprint density at radius 2 is 2.42 bits per heavy atom. The molecule has 1 saturated heterocycles. The largest absolute Gasteiger partial charge is 0.383 e. The van der Waals surface area contributed by atoms with Crippen LogP contribution in [0.2, 0.25) is 0 Å². The molecule has 0 saturated carbocycles. The number of hydrogen-bond acceptors (Lipinski definition) is 4. The standard InChI is InChI=1S/C14H18N4O/c1-10(11-4-6-19-8-11)18-9-16-7-13(18)12-3-2-5-17-14(12)15/h2-3,5,7,9-11H,4,6,8H2,1H3,(H2,15,17). The zero-order valence-electron chi connectivity index (χ0n) is 11.0. The van der Waals surface area contributed by atoms with Gasteiger partial charge in [0.25, 0.3) is 0 Å². The van der Waals surface area contributed by atoms with Gasteiger partial charge in [-0.25, -0.2) is 9.97 Å². The number of nitrogens with two attached hydrogens (primary N) is 1. The van der Waals surface area contributed by atoms with Crippen molar-refractivity contribution in [2.75, 3.05) is 18.9 Å². The van der Waals surface area contributed by atoms with E-state index in [1.165, 1.54) is 0 Å². The molecule has 1 fully saturated rings. The molecular weight excluding hydrogens is 240 g/mol. The Morgan fingerprint density at radius 1 is 1.53 bits per heavy atom. The van der Waals surface area contributed by atoms with Gasteiger partial charge in [-0.2, -0.15) is 0 Å². The van der Waals surface area contributed by atoms with Crippen molar-refractivity contribution in [3.05, 3.63) is 30.9 Å². The summed E-state index contributed by atoms with van der Waals surface area (Å²) in [7, 11) is 0. The summed E-state index contributed by atoms with van der Waals surface area (Å²) in [5.41, 5.74) is 7.91. The Morgan fingerprint density at radius 3 is 3.16 bits per heavy atom. The first-order valence-corrected chi connectivity index (χ1v) is 6.58. The van der Waals surface area contributed by atoms with Crippen LogP contribution in [0.4, 0.5) is 5.82 Å². The predicted molar refractivity (Wildman–Crippen MR) is 73.5 cm³/mol. The molecule has 2 N–H and O–H groups in total. The molecule has 2 aromatic heterocycles. The van der Waals surface area contributed by atoms with E-state index in [2.05, 4.69) is 21.5 Å². The second kappa shape index (κ2) is 5.01. The van der Waals surface area contributed by atoms with E-state index < -0.39 is 0 Å². The van der Waals surface area contributed by atoms with E-state index in [1.807, 2.05) is 24.7 Å². The highest BCUT2D eigenvalue weighted by molar-refractivity contribution is 5.70. The Labute approximate surface area is 112 Å². The molecule has 2 atom stereocenters. The smallest absolute Gasteiger partial charge is 0.132 e. The third kappa shape index (κ3) is 2.21. The number of nitrogens with zero attached hydrogens (tertiary/aromatic N) is 3. The van der Waals surface area contributed by atoms with Crippen LogP contribution in [0.3, 0.4) is 0 Å². The van der Waals surface area contributed by atoms with E-state index in [0.29, 0.717) is 17.8 Å². The van der Waals surface area contributed by atoms with Crippen LogP contribution in [0.15, 0.2) is 30.9 Å². The Balaban J connectivity index is 1.96. The van der Waals surface area contributed by atoms with Crippen molar-refractivity contribution in [1.82, 2.24) is 14.5 Å². The van der Waals surface area contributed by atoms with Crippen LogP contribution < -0.4 is 5.73 Å². The molecule has 5 heteroatoms. The van der Waals surface area contributed by atoms with Gasteiger partial charge in [-0.1, -0.05) is 0 Å². The molecule has 19 heavy (non-hydrogen) atoms. The van der Waals surface area contributed by atoms with Crippen molar-refractivity contribution in [1.29, 1.82) is 0 Å². The minimum atomic E-state index is 0.347. The fourth-order valence-corrected chi connectivity index (χ4v) is 2.63. The second-order valence-electron chi connectivity index (χ2n) is 4.99.